The summed E-state index contributed by atoms with van der Waals surface area (Å²) in [6, 6.07) is 5.91. The molecule has 2 unspecified atom stereocenters. The van der Waals surface area contributed by atoms with Gasteiger partial charge in [0.05, 0.1) is 4.90 Å². The smallest absolute Gasteiger partial charge is 0.327 e. The molecule has 0 spiro atoms. The third kappa shape index (κ3) is 2.41. The first kappa shape index (κ1) is 13.5. The summed E-state index contributed by atoms with van der Waals surface area (Å²) in [7, 11) is -3.27. The van der Waals surface area contributed by atoms with Crippen LogP contribution in [0.4, 0.5) is 0 Å². The summed E-state index contributed by atoms with van der Waals surface area (Å²) in [6.45, 7) is 0. The Morgan fingerprint density at radius 3 is 2.06 bits per heavy atom. The number of alkyl halides is 1. The molecule has 7 heteroatoms. The summed E-state index contributed by atoms with van der Waals surface area (Å²) in [5, 5.41) is 0. The largest absolute Gasteiger partial charge is 0.392 e. The van der Waals surface area contributed by atoms with Crippen LogP contribution >= 0.6 is 22.6 Å². The first-order valence-electron chi connectivity index (χ1n) is 5.00. The predicted molar refractivity (Wildman–Crippen MR) is 71.2 cm³/mol. The summed E-state index contributed by atoms with van der Waals surface area (Å²) in [6.07, 6.45) is 1.11. The minimum Gasteiger partial charge on any atom is -0.392 e. The van der Waals surface area contributed by atoms with Gasteiger partial charge < -0.3 is 4.74 Å². The van der Waals surface area contributed by atoms with E-state index in [1.54, 1.807) is 0 Å². The molecule has 1 fully saturated rings. The first-order chi connectivity index (χ1) is 8.30. The highest BCUT2D eigenvalue weighted by atomic mass is 127. The highest BCUT2D eigenvalue weighted by molar-refractivity contribution is 14.1. The maximum Gasteiger partial charge on any atom is 0.327 e. The molecule has 0 aromatic heterocycles. The number of ether oxygens (including phenoxy) is 1. The van der Waals surface area contributed by atoms with Crippen LogP contribution in [0.15, 0.2) is 29.2 Å². The van der Waals surface area contributed by atoms with Crippen molar-refractivity contribution in [1.82, 2.24) is 0 Å². The Kier molecular flexibility index (Phi) is 3.45. The van der Waals surface area contributed by atoms with E-state index in [4.69, 9.17) is 0 Å². The van der Waals surface area contributed by atoms with Gasteiger partial charge in [0, 0.05) is 6.26 Å². The summed E-state index contributed by atoms with van der Waals surface area (Å²) in [4.78, 5) is 22.9. The van der Waals surface area contributed by atoms with Crippen LogP contribution in [0.25, 0.3) is 0 Å². The van der Waals surface area contributed by atoms with Crippen LogP contribution in [-0.2, 0) is 24.2 Å². The number of rotatable bonds is 2. The van der Waals surface area contributed by atoms with Crippen molar-refractivity contribution in [3.05, 3.63) is 29.8 Å². The van der Waals surface area contributed by atoms with Gasteiger partial charge >= 0.3 is 11.9 Å². The zero-order valence-corrected chi connectivity index (χ0v) is 12.3. The predicted octanol–water partition coefficient (Wildman–Crippen LogP) is 1.06. The van der Waals surface area contributed by atoms with Gasteiger partial charge in [-0.05, 0) is 17.7 Å². The molecule has 1 aromatic carbocycles. The fourth-order valence-electron chi connectivity index (χ4n) is 1.70. The van der Waals surface area contributed by atoms with Crippen LogP contribution in [0.5, 0.6) is 0 Å². The van der Waals surface area contributed by atoms with Crippen LogP contribution in [0, 0.1) is 0 Å². The number of cyclic esters (lactones) is 2. The van der Waals surface area contributed by atoms with E-state index < -0.39 is 31.6 Å². The number of carbonyl (C=O) groups excluding carboxylic acids is 2. The molecule has 0 N–H and O–H groups in total. The van der Waals surface area contributed by atoms with Crippen LogP contribution < -0.4 is 0 Å². The summed E-state index contributed by atoms with van der Waals surface area (Å²) >= 11 is 1.85. The van der Waals surface area contributed by atoms with E-state index in [0.717, 1.165) is 6.26 Å². The summed E-state index contributed by atoms with van der Waals surface area (Å²) in [5.41, 5.74) is 0.581. The van der Waals surface area contributed by atoms with Crippen molar-refractivity contribution in [2.24, 2.45) is 0 Å². The average Bonchev–Trinajstić information content (AvgIpc) is 2.52. The van der Waals surface area contributed by atoms with E-state index in [9.17, 15) is 18.0 Å². The van der Waals surface area contributed by atoms with Gasteiger partial charge in [-0.2, -0.15) is 0 Å². The van der Waals surface area contributed by atoms with Crippen LogP contribution in [0.1, 0.15) is 11.5 Å². The lowest BCUT2D eigenvalue weighted by Gasteiger charge is -2.08. The van der Waals surface area contributed by atoms with Crippen molar-refractivity contribution < 1.29 is 22.7 Å². The van der Waals surface area contributed by atoms with E-state index in [1.807, 2.05) is 22.6 Å². The maximum atomic E-state index is 11.5. The van der Waals surface area contributed by atoms with Crippen molar-refractivity contribution >= 4 is 44.4 Å². The second-order valence-corrected chi connectivity index (χ2v) is 7.32. The van der Waals surface area contributed by atoms with Crippen LogP contribution in [-0.4, -0.2) is 30.5 Å². The molecule has 2 atom stereocenters. The minimum absolute atomic E-state index is 0.175. The molecule has 96 valence electrons. The van der Waals surface area contributed by atoms with E-state index in [2.05, 4.69) is 4.74 Å². The fourth-order valence-corrected chi connectivity index (χ4v) is 3.17. The molecular formula is C11H9IO5S. The summed E-state index contributed by atoms with van der Waals surface area (Å²) in [5.74, 6) is -1.81. The topological polar surface area (TPSA) is 77.5 Å². The highest BCUT2D eigenvalue weighted by Gasteiger charge is 2.43. The van der Waals surface area contributed by atoms with E-state index in [0.29, 0.717) is 5.56 Å². The zero-order valence-electron chi connectivity index (χ0n) is 9.29. The van der Waals surface area contributed by atoms with Gasteiger partial charge in [0.25, 0.3) is 0 Å². The monoisotopic (exact) mass is 380 g/mol. The number of hydrogen-bond acceptors (Lipinski definition) is 5. The molecule has 1 saturated heterocycles. The molecular weight excluding hydrogens is 371 g/mol. The number of carbonyl (C=O) groups is 2. The number of hydrogen-bond donors (Lipinski definition) is 0. The maximum absolute atomic E-state index is 11.5. The Bertz CT molecular complexity index is 605. The molecule has 0 saturated carbocycles. The van der Waals surface area contributed by atoms with E-state index >= 15 is 0 Å². The van der Waals surface area contributed by atoms with Crippen LogP contribution in [0.2, 0.25) is 0 Å². The molecule has 5 nitrogen and oxygen atoms in total. The van der Waals surface area contributed by atoms with Gasteiger partial charge in [0.2, 0.25) is 0 Å². The molecule has 1 aliphatic rings. The number of halogens is 1. The third-order valence-corrected chi connectivity index (χ3v) is 5.00. The minimum atomic E-state index is -3.27. The Hall–Kier alpha value is -0.960. The lowest BCUT2D eigenvalue weighted by atomic mass is 9.98. The van der Waals surface area contributed by atoms with Crippen molar-refractivity contribution in [1.29, 1.82) is 0 Å². The van der Waals surface area contributed by atoms with E-state index in [-0.39, 0.29) is 4.90 Å². The molecule has 18 heavy (non-hydrogen) atoms. The first-order valence-corrected chi connectivity index (χ1v) is 8.14. The second-order valence-electron chi connectivity index (χ2n) is 3.96. The zero-order chi connectivity index (χ0) is 13.5. The molecule has 0 bridgehead atoms. The van der Waals surface area contributed by atoms with Crippen molar-refractivity contribution in [2.75, 3.05) is 6.26 Å². The Morgan fingerprint density at radius 2 is 1.67 bits per heavy atom. The van der Waals surface area contributed by atoms with Crippen molar-refractivity contribution in [3.8, 4) is 0 Å². The lowest BCUT2D eigenvalue weighted by Crippen LogP contribution is -2.15. The number of sulfone groups is 1. The normalized spacial score (nSPS) is 24.1. The molecule has 1 aliphatic heterocycles. The highest BCUT2D eigenvalue weighted by Crippen LogP contribution is 2.33. The Balaban J connectivity index is 2.36. The average molecular weight is 380 g/mol. The molecule has 0 amide bonds. The van der Waals surface area contributed by atoms with E-state index in [1.165, 1.54) is 24.3 Å². The molecule has 0 aliphatic carbocycles. The quantitative estimate of drug-likeness (QED) is 0.332. The van der Waals surface area contributed by atoms with Crippen molar-refractivity contribution in [3.63, 3.8) is 0 Å². The number of benzene rings is 1. The van der Waals surface area contributed by atoms with Gasteiger partial charge in [0.15, 0.2) is 9.84 Å². The van der Waals surface area contributed by atoms with Crippen molar-refractivity contribution in [2.45, 2.75) is 14.7 Å². The Labute approximate surface area is 118 Å². The third-order valence-electron chi connectivity index (χ3n) is 2.64. The van der Waals surface area contributed by atoms with Crippen LogP contribution in [0.3, 0.4) is 0 Å². The van der Waals surface area contributed by atoms with Gasteiger partial charge in [-0.25, -0.2) is 8.42 Å². The van der Waals surface area contributed by atoms with Gasteiger partial charge in [0.1, 0.15) is 9.84 Å². The number of esters is 2. The van der Waals surface area contributed by atoms with Gasteiger partial charge in [-0.15, -0.1) is 0 Å². The summed E-state index contributed by atoms with van der Waals surface area (Å²) < 4.78 is 26.6. The SMILES string of the molecule is CS(=O)(=O)c1ccc(C2C(=O)OC(=O)C2I)cc1. The van der Waals surface area contributed by atoms with Gasteiger partial charge in [-0.1, -0.05) is 34.7 Å². The van der Waals surface area contributed by atoms with Gasteiger partial charge in [-0.3, -0.25) is 9.59 Å². The molecule has 2 rings (SSSR count). The molecule has 0 radical (unpaired) electrons. The molecule has 1 aromatic rings. The lowest BCUT2D eigenvalue weighted by molar-refractivity contribution is -0.152. The fraction of sp³-hybridized carbons (Fsp3) is 0.273. The molecule has 1 heterocycles. The second kappa shape index (κ2) is 4.61. The standard InChI is InChI=1S/C11H9IO5S/c1-18(15,16)7-4-2-6(3-5-7)8-9(12)11(14)17-10(8)13/h2-5,8-9H,1H3. The Morgan fingerprint density at radius 1 is 1.11 bits per heavy atom.